The number of esters is 1. The second kappa shape index (κ2) is 6.87. The average molecular weight is 299 g/mol. The van der Waals surface area contributed by atoms with Gasteiger partial charge in [0.2, 0.25) is 5.54 Å². The Hall–Kier alpha value is -2.66. The third kappa shape index (κ3) is 3.71. The number of carbonyl (C=O) groups excluding carboxylic acids is 1. The summed E-state index contributed by atoms with van der Waals surface area (Å²) in [5, 5.41) is 9.34. The molecule has 0 aromatic heterocycles. The number of ether oxygens (including phenoxy) is 1. The maximum absolute atomic E-state index is 12.2. The van der Waals surface area contributed by atoms with Crippen LogP contribution in [0.2, 0.25) is 0 Å². The lowest BCUT2D eigenvalue weighted by Crippen LogP contribution is -2.57. The first-order valence-electron chi connectivity index (χ1n) is 6.80. The van der Waals surface area contributed by atoms with Crippen LogP contribution in [0.5, 0.6) is 0 Å². The van der Waals surface area contributed by atoms with E-state index in [1.165, 1.54) is 0 Å². The van der Waals surface area contributed by atoms with Crippen LogP contribution in [0.15, 0.2) is 60.7 Å². The summed E-state index contributed by atoms with van der Waals surface area (Å²) in [7, 11) is 0. The Bertz CT molecular complexity index is 642. The molecule has 0 spiro atoms. The van der Waals surface area contributed by atoms with Gasteiger partial charge in [-0.2, -0.15) is 0 Å². The van der Waals surface area contributed by atoms with E-state index in [-0.39, 0.29) is 13.0 Å². The van der Waals surface area contributed by atoms with Crippen molar-refractivity contribution in [2.24, 2.45) is 5.73 Å². The maximum Gasteiger partial charge on any atom is 0.338 e. The molecule has 0 fully saturated rings. The first-order chi connectivity index (χ1) is 10.5. The molecule has 0 amide bonds. The molecule has 0 heterocycles. The molecule has 114 valence electrons. The molecule has 0 bridgehead atoms. The fourth-order valence-electron chi connectivity index (χ4n) is 2.00. The quantitative estimate of drug-likeness (QED) is 0.626. The van der Waals surface area contributed by atoms with Crippen molar-refractivity contribution in [2.45, 2.75) is 18.6 Å². The summed E-state index contributed by atoms with van der Waals surface area (Å²) in [5.74, 6) is -2.36. The SMILES string of the molecule is NC(Cc1ccccc1)(C(=O)O)C(=O)OCc1ccccc1. The number of rotatable bonds is 6. The van der Waals surface area contributed by atoms with E-state index in [0.717, 1.165) is 5.56 Å². The number of aliphatic carboxylic acids is 1. The number of benzene rings is 2. The molecular weight excluding hydrogens is 282 g/mol. The Morgan fingerprint density at radius 2 is 1.45 bits per heavy atom. The smallest absolute Gasteiger partial charge is 0.338 e. The van der Waals surface area contributed by atoms with Crippen LogP contribution in [-0.4, -0.2) is 22.6 Å². The van der Waals surface area contributed by atoms with Crippen molar-refractivity contribution in [3.8, 4) is 0 Å². The largest absolute Gasteiger partial charge is 0.479 e. The summed E-state index contributed by atoms with van der Waals surface area (Å²) in [6.45, 7) is -0.0132. The lowest BCUT2D eigenvalue weighted by atomic mass is 9.92. The summed E-state index contributed by atoms with van der Waals surface area (Å²) in [6.07, 6.45) is -0.128. The van der Waals surface area contributed by atoms with E-state index in [4.69, 9.17) is 10.5 Å². The summed E-state index contributed by atoms with van der Waals surface area (Å²) in [4.78, 5) is 23.6. The second-order valence-corrected chi connectivity index (χ2v) is 5.00. The molecule has 22 heavy (non-hydrogen) atoms. The molecule has 5 nitrogen and oxygen atoms in total. The molecule has 0 saturated carbocycles. The number of carboxylic acids is 1. The Labute approximate surface area is 128 Å². The zero-order valence-corrected chi connectivity index (χ0v) is 11.9. The van der Waals surface area contributed by atoms with Crippen LogP contribution in [0, 0.1) is 0 Å². The van der Waals surface area contributed by atoms with Gasteiger partial charge < -0.3 is 15.6 Å². The maximum atomic E-state index is 12.2. The Morgan fingerprint density at radius 1 is 0.955 bits per heavy atom. The lowest BCUT2D eigenvalue weighted by Gasteiger charge is -2.22. The predicted molar refractivity (Wildman–Crippen MR) is 80.9 cm³/mol. The van der Waals surface area contributed by atoms with Crippen molar-refractivity contribution in [3.05, 3.63) is 71.8 Å². The van der Waals surface area contributed by atoms with Gasteiger partial charge in [0, 0.05) is 6.42 Å². The topological polar surface area (TPSA) is 89.6 Å². The van der Waals surface area contributed by atoms with Crippen molar-refractivity contribution < 1.29 is 19.4 Å². The zero-order chi connectivity index (χ0) is 16.0. The first-order valence-corrected chi connectivity index (χ1v) is 6.80. The standard InChI is InChI=1S/C17H17NO4/c18-17(15(19)20,11-13-7-3-1-4-8-13)16(21)22-12-14-9-5-2-6-10-14/h1-10H,11-12,18H2,(H,19,20). The molecular formula is C17H17NO4. The summed E-state index contributed by atoms with van der Waals surface area (Å²) in [6, 6.07) is 17.8. The highest BCUT2D eigenvalue weighted by molar-refractivity contribution is 6.04. The van der Waals surface area contributed by atoms with Gasteiger partial charge in [0.15, 0.2) is 0 Å². The highest BCUT2D eigenvalue weighted by Crippen LogP contribution is 2.15. The fourth-order valence-corrected chi connectivity index (χ4v) is 2.00. The van der Waals surface area contributed by atoms with Crippen LogP contribution >= 0.6 is 0 Å². The minimum Gasteiger partial charge on any atom is -0.479 e. The first kappa shape index (κ1) is 15.7. The van der Waals surface area contributed by atoms with Gasteiger partial charge in [0.05, 0.1) is 0 Å². The van der Waals surface area contributed by atoms with Crippen LogP contribution in [0.3, 0.4) is 0 Å². The highest BCUT2D eigenvalue weighted by atomic mass is 16.5. The minimum atomic E-state index is -2.10. The van der Waals surface area contributed by atoms with Gasteiger partial charge in [-0.05, 0) is 11.1 Å². The minimum absolute atomic E-state index is 0.0132. The van der Waals surface area contributed by atoms with Gasteiger partial charge in [-0.15, -0.1) is 0 Å². The molecule has 0 aliphatic rings. The molecule has 2 rings (SSSR count). The molecule has 0 saturated heterocycles. The van der Waals surface area contributed by atoms with E-state index < -0.39 is 17.5 Å². The van der Waals surface area contributed by atoms with E-state index in [1.54, 1.807) is 54.6 Å². The Kier molecular flexibility index (Phi) is 4.91. The molecule has 1 atom stereocenters. The molecule has 0 radical (unpaired) electrons. The van der Waals surface area contributed by atoms with Crippen LogP contribution in [-0.2, 0) is 27.4 Å². The van der Waals surface area contributed by atoms with Gasteiger partial charge in [-0.1, -0.05) is 60.7 Å². The predicted octanol–water partition coefficient (Wildman–Crippen LogP) is 1.75. The number of hydrogen-bond acceptors (Lipinski definition) is 4. The van der Waals surface area contributed by atoms with Crippen molar-refractivity contribution in [1.82, 2.24) is 0 Å². The molecule has 5 heteroatoms. The number of hydrogen-bond donors (Lipinski definition) is 2. The van der Waals surface area contributed by atoms with E-state index in [9.17, 15) is 14.7 Å². The Balaban J connectivity index is 2.09. The second-order valence-electron chi connectivity index (χ2n) is 5.00. The number of nitrogens with two attached hydrogens (primary N) is 1. The van der Waals surface area contributed by atoms with Crippen LogP contribution in [0.4, 0.5) is 0 Å². The zero-order valence-electron chi connectivity index (χ0n) is 11.9. The van der Waals surface area contributed by atoms with Gasteiger partial charge in [-0.25, -0.2) is 9.59 Å². The van der Waals surface area contributed by atoms with Gasteiger partial charge >= 0.3 is 11.9 Å². The van der Waals surface area contributed by atoms with Crippen molar-refractivity contribution in [1.29, 1.82) is 0 Å². The average Bonchev–Trinajstić information content (AvgIpc) is 2.54. The van der Waals surface area contributed by atoms with Gasteiger partial charge in [-0.3, -0.25) is 0 Å². The summed E-state index contributed by atoms with van der Waals surface area (Å²) < 4.78 is 5.08. The van der Waals surface area contributed by atoms with Crippen molar-refractivity contribution >= 4 is 11.9 Å². The van der Waals surface area contributed by atoms with E-state index >= 15 is 0 Å². The third-order valence-corrected chi connectivity index (χ3v) is 3.28. The van der Waals surface area contributed by atoms with Gasteiger partial charge in [0.1, 0.15) is 6.61 Å². The van der Waals surface area contributed by atoms with Crippen LogP contribution in [0.1, 0.15) is 11.1 Å². The molecule has 3 N–H and O–H groups in total. The molecule has 0 aliphatic heterocycles. The third-order valence-electron chi connectivity index (χ3n) is 3.28. The number of carbonyl (C=O) groups is 2. The summed E-state index contributed by atoms with van der Waals surface area (Å²) in [5.41, 5.74) is 5.13. The van der Waals surface area contributed by atoms with Crippen LogP contribution < -0.4 is 5.73 Å². The van der Waals surface area contributed by atoms with Crippen molar-refractivity contribution in [2.75, 3.05) is 0 Å². The summed E-state index contributed by atoms with van der Waals surface area (Å²) >= 11 is 0. The van der Waals surface area contributed by atoms with Crippen LogP contribution in [0.25, 0.3) is 0 Å². The number of carboxylic acid groups (broad SMARTS) is 1. The highest BCUT2D eigenvalue weighted by Gasteiger charge is 2.44. The molecule has 2 aromatic rings. The molecule has 1 unspecified atom stereocenters. The molecule has 0 aliphatic carbocycles. The molecule has 2 aromatic carbocycles. The Morgan fingerprint density at radius 3 is 1.95 bits per heavy atom. The fraction of sp³-hybridized carbons (Fsp3) is 0.176. The lowest BCUT2D eigenvalue weighted by molar-refractivity contribution is -0.161. The van der Waals surface area contributed by atoms with E-state index in [0.29, 0.717) is 5.56 Å². The van der Waals surface area contributed by atoms with Gasteiger partial charge in [0.25, 0.3) is 0 Å². The van der Waals surface area contributed by atoms with E-state index in [2.05, 4.69) is 0 Å². The van der Waals surface area contributed by atoms with E-state index in [1.807, 2.05) is 6.07 Å². The van der Waals surface area contributed by atoms with Crippen molar-refractivity contribution in [3.63, 3.8) is 0 Å². The monoisotopic (exact) mass is 299 g/mol. The normalized spacial score (nSPS) is 13.1.